The van der Waals surface area contributed by atoms with E-state index in [2.05, 4.69) is 5.32 Å². The van der Waals surface area contributed by atoms with Crippen molar-refractivity contribution in [3.05, 3.63) is 35.4 Å². The van der Waals surface area contributed by atoms with E-state index in [9.17, 15) is 4.79 Å². The van der Waals surface area contributed by atoms with Crippen LogP contribution in [-0.2, 0) is 22.7 Å². The van der Waals surface area contributed by atoms with Gasteiger partial charge in [0.15, 0.2) is 0 Å². The van der Waals surface area contributed by atoms with Crippen LogP contribution < -0.4 is 11.1 Å². The minimum absolute atomic E-state index is 0.0845. The highest BCUT2D eigenvalue weighted by Crippen LogP contribution is 2.44. The zero-order valence-electron chi connectivity index (χ0n) is 11.4. The van der Waals surface area contributed by atoms with E-state index in [-0.39, 0.29) is 11.3 Å². The molecule has 104 valence electrons. The molecule has 0 saturated heterocycles. The molecular weight excluding hydrogens is 240 g/mol. The number of nitrogens with two attached hydrogens (primary N) is 1. The molecule has 0 aromatic heterocycles. The predicted octanol–water partition coefficient (Wildman–Crippen LogP) is 1.58. The molecule has 0 unspecified atom stereocenters. The number of benzene rings is 1. The summed E-state index contributed by atoms with van der Waals surface area (Å²) in [5, 5.41) is 2.99. The van der Waals surface area contributed by atoms with Gasteiger partial charge in [-0.05, 0) is 30.9 Å². The third kappa shape index (κ3) is 3.33. The summed E-state index contributed by atoms with van der Waals surface area (Å²) in [6.45, 7) is 4.24. The molecule has 1 amide bonds. The van der Waals surface area contributed by atoms with Crippen LogP contribution in [0, 0.1) is 5.41 Å². The van der Waals surface area contributed by atoms with Crippen molar-refractivity contribution in [1.82, 2.24) is 5.32 Å². The maximum Gasteiger partial charge on any atom is 0.227 e. The number of carbonyl (C=O) groups excluding carboxylic acids is 1. The largest absolute Gasteiger partial charge is 0.377 e. The van der Waals surface area contributed by atoms with Gasteiger partial charge in [0.25, 0.3) is 0 Å². The minimum Gasteiger partial charge on any atom is -0.377 e. The van der Waals surface area contributed by atoms with E-state index >= 15 is 0 Å². The Balaban J connectivity index is 1.93. The Morgan fingerprint density at radius 1 is 1.37 bits per heavy atom. The lowest BCUT2D eigenvalue weighted by Crippen LogP contribution is -2.36. The van der Waals surface area contributed by atoms with E-state index in [1.807, 2.05) is 31.2 Å². The molecule has 2 rings (SSSR count). The Kier molecular flexibility index (Phi) is 4.56. The van der Waals surface area contributed by atoms with Gasteiger partial charge >= 0.3 is 0 Å². The molecule has 0 bridgehead atoms. The lowest BCUT2D eigenvalue weighted by atomic mass is 10.1. The molecule has 1 aliphatic carbocycles. The minimum atomic E-state index is -0.283. The van der Waals surface area contributed by atoms with Crippen LogP contribution in [0.4, 0.5) is 0 Å². The standard InChI is InChI=1S/C15H22N2O2/c1-2-19-10-13-6-4-3-5-12(13)9-17-14(18)15(11-16)7-8-15/h3-6H,2,7-11,16H2,1H3,(H,17,18). The lowest BCUT2D eigenvalue weighted by Gasteiger charge is -2.14. The van der Waals surface area contributed by atoms with Crippen LogP contribution in [0.25, 0.3) is 0 Å². The highest BCUT2D eigenvalue weighted by molar-refractivity contribution is 5.85. The third-order valence-electron chi connectivity index (χ3n) is 3.75. The van der Waals surface area contributed by atoms with Crippen molar-refractivity contribution < 1.29 is 9.53 Å². The molecule has 0 radical (unpaired) electrons. The summed E-state index contributed by atoms with van der Waals surface area (Å²) < 4.78 is 5.44. The topological polar surface area (TPSA) is 64.3 Å². The fraction of sp³-hybridized carbons (Fsp3) is 0.533. The van der Waals surface area contributed by atoms with Gasteiger partial charge in [0, 0.05) is 19.7 Å². The summed E-state index contributed by atoms with van der Waals surface area (Å²) in [5.74, 6) is 0.0845. The molecule has 4 nitrogen and oxygen atoms in total. The van der Waals surface area contributed by atoms with Crippen LogP contribution in [-0.4, -0.2) is 19.1 Å². The number of hydrogen-bond acceptors (Lipinski definition) is 3. The van der Waals surface area contributed by atoms with Crippen molar-refractivity contribution in [2.24, 2.45) is 11.1 Å². The summed E-state index contributed by atoms with van der Waals surface area (Å²) in [6.07, 6.45) is 1.83. The molecule has 0 aliphatic heterocycles. The molecule has 0 spiro atoms. The van der Waals surface area contributed by atoms with E-state index in [0.29, 0.717) is 26.3 Å². The first-order chi connectivity index (χ1) is 9.22. The molecule has 1 fully saturated rings. The van der Waals surface area contributed by atoms with Crippen molar-refractivity contribution in [3.8, 4) is 0 Å². The summed E-state index contributed by atoms with van der Waals surface area (Å²) >= 11 is 0. The molecule has 1 aliphatic rings. The Hall–Kier alpha value is -1.39. The van der Waals surface area contributed by atoms with Crippen molar-refractivity contribution >= 4 is 5.91 Å². The number of carbonyl (C=O) groups is 1. The molecule has 1 saturated carbocycles. The monoisotopic (exact) mass is 262 g/mol. The maximum atomic E-state index is 12.0. The molecule has 3 N–H and O–H groups in total. The zero-order chi connectivity index (χ0) is 13.7. The summed E-state index contributed by atoms with van der Waals surface area (Å²) in [7, 11) is 0. The van der Waals surface area contributed by atoms with Crippen LogP contribution in [0.1, 0.15) is 30.9 Å². The highest BCUT2D eigenvalue weighted by Gasteiger charge is 2.48. The highest BCUT2D eigenvalue weighted by atomic mass is 16.5. The van der Waals surface area contributed by atoms with Crippen LogP contribution in [0.5, 0.6) is 0 Å². The summed E-state index contributed by atoms with van der Waals surface area (Å²) in [5.41, 5.74) is 7.61. The van der Waals surface area contributed by atoms with Crippen molar-refractivity contribution in [1.29, 1.82) is 0 Å². The smallest absolute Gasteiger partial charge is 0.227 e. The number of ether oxygens (including phenoxy) is 1. The summed E-state index contributed by atoms with van der Waals surface area (Å²) in [6, 6.07) is 8.03. The molecule has 0 atom stereocenters. The van der Waals surface area contributed by atoms with Gasteiger partial charge in [0.2, 0.25) is 5.91 Å². The first kappa shape index (κ1) is 14.0. The quantitative estimate of drug-likeness (QED) is 0.784. The molecule has 4 heteroatoms. The van der Waals surface area contributed by atoms with Crippen LogP contribution >= 0.6 is 0 Å². The Morgan fingerprint density at radius 3 is 2.63 bits per heavy atom. The van der Waals surface area contributed by atoms with Gasteiger partial charge < -0.3 is 15.8 Å². The number of amides is 1. The van der Waals surface area contributed by atoms with Gasteiger partial charge in [-0.15, -0.1) is 0 Å². The van der Waals surface area contributed by atoms with Crippen LogP contribution in [0.3, 0.4) is 0 Å². The van der Waals surface area contributed by atoms with Crippen LogP contribution in [0.15, 0.2) is 24.3 Å². The lowest BCUT2D eigenvalue weighted by molar-refractivity contribution is -0.126. The predicted molar refractivity (Wildman–Crippen MR) is 74.3 cm³/mol. The van der Waals surface area contributed by atoms with Crippen molar-refractivity contribution in [2.45, 2.75) is 32.9 Å². The average molecular weight is 262 g/mol. The molecule has 19 heavy (non-hydrogen) atoms. The van der Waals surface area contributed by atoms with Gasteiger partial charge in [-0.1, -0.05) is 24.3 Å². The van der Waals surface area contributed by atoms with E-state index in [0.717, 1.165) is 24.0 Å². The van der Waals surface area contributed by atoms with E-state index < -0.39 is 0 Å². The van der Waals surface area contributed by atoms with Gasteiger partial charge in [0.05, 0.1) is 12.0 Å². The Bertz CT molecular complexity index is 442. The summed E-state index contributed by atoms with van der Waals surface area (Å²) in [4.78, 5) is 12.0. The van der Waals surface area contributed by atoms with Crippen LogP contribution in [0.2, 0.25) is 0 Å². The number of hydrogen-bond donors (Lipinski definition) is 2. The Morgan fingerprint density at radius 2 is 2.05 bits per heavy atom. The Labute approximate surface area is 114 Å². The van der Waals surface area contributed by atoms with Crippen molar-refractivity contribution in [2.75, 3.05) is 13.2 Å². The second-order valence-electron chi connectivity index (χ2n) is 5.07. The second kappa shape index (κ2) is 6.17. The third-order valence-corrected chi connectivity index (χ3v) is 3.75. The van der Waals surface area contributed by atoms with Gasteiger partial charge in [0.1, 0.15) is 0 Å². The fourth-order valence-corrected chi connectivity index (χ4v) is 2.12. The molecule has 0 heterocycles. The maximum absolute atomic E-state index is 12.0. The zero-order valence-corrected chi connectivity index (χ0v) is 11.4. The first-order valence-corrected chi connectivity index (χ1v) is 6.85. The molecular formula is C15H22N2O2. The van der Waals surface area contributed by atoms with Gasteiger partial charge in [-0.2, -0.15) is 0 Å². The van der Waals surface area contributed by atoms with Crippen molar-refractivity contribution in [3.63, 3.8) is 0 Å². The second-order valence-corrected chi connectivity index (χ2v) is 5.07. The van der Waals surface area contributed by atoms with E-state index in [1.165, 1.54) is 0 Å². The molecule has 1 aromatic carbocycles. The molecule has 1 aromatic rings. The fourth-order valence-electron chi connectivity index (χ4n) is 2.12. The number of nitrogens with one attached hydrogen (secondary N) is 1. The van der Waals surface area contributed by atoms with E-state index in [1.54, 1.807) is 0 Å². The van der Waals surface area contributed by atoms with Gasteiger partial charge in [-0.25, -0.2) is 0 Å². The first-order valence-electron chi connectivity index (χ1n) is 6.85. The van der Waals surface area contributed by atoms with Gasteiger partial charge in [-0.3, -0.25) is 4.79 Å². The average Bonchev–Trinajstić information content (AvgIpc) is 3.24. The van der Waals surface area contributed by atoms with E-state index in [4.69, 9.17) is 10.5 Å². The normalized spacial score (nSPS) is 16.1. The SMILES string of the molecule is CCOCc1ccccc1CNC(=O)C1(CN)CC1. The number of rotatable bonds is 7.